The molecule has 39 heavy (non-hydrogen) atoms. The topological polar surface area (TPSA) is 91.7 Å². The van der Waals surface area contributed by atoms with E-state index in [-0.39, 0.29) is 23.7 Å². The van der Waals surface area contributed by atoms with Crippen LogP contribution >= 0.6 is 0 Å². The van der Waals surface area contributed by atoms with Gasteiger partial charge in [-0.25, -0.2) is 4.39 Å². The van der Waals surface area contributed by atoms with Gasteiger partial charge >= 0.3 is 6.18 Å². The van der Waals surface area contributed by atoms with Crippen molar-refractivity contribution in [2.24, 2.45) is 0 Å². The lowest BCUT2D eigenvalue weighted by atomic mass is 10.1. The Morgan fingerprint density at radius 1 is 1.03 bits per heavy atom. The smallest absolute Gasteiger partial charge is 0.416 e. The average molecular weight is 560 g/mol. The van der Waals surface area contributed by atoms with E-state index < -0.39 is 39.8 Å². The Morgan fingerprint density at radius 2 is 1.79 bits per heavy atom. The van der Waals surface area contributed by atoms with Crippen LogP contribution in [0.2, 0.25) is 0 Å². The van der Waals surface area contributed by atoms with Gasteiger partial charge in [-0.2, -0.15) is 21.6 Å². The molecule has 3 aromatic carbocycles. The fourth-order valence-corrected chi connectivity index (χ4v) is 5.04. The number of carbonyl (C=O) groups excluding carboxylic acids is 1. The number of halogens is 4. The molecule has 1 aromatic heterocycles. The Hall–Kier alpha value is -4.16. The zero-order valence-electron chi connectivity index (χ0n) is 20.1. The van der Waals surface area contributed by atoms with E-state index in [2.05, 4.69) is 10.6 Å². The first-order valence-corrected chi connectivity index (χ1v) is 12.9. The van der Waals surface area contributed by atoms with Crippen molar-refractivity contribution in [3.8, 4) is 0 Å². The van der Waals surface area contributed by atoms with E-state index in [4.69, 9.17) is 4.42 Å². The third kappa shape index (κ3) is 5.81. The quantitative estimate of drug-likeness (QED) is 0.247. The Morgan fingerprint density at radius 3 is 2.51 bits per heavy atom. The third-order valence-electron chi connectivity index (χ3n) is 6.27. The van der Waals surface area contributed by atoms with Gasteiger partial charge < -0.3 is 15.1 Å². The van der Waals surface area contributed by atoms with Gasteiger partial charge in [0.05, 0.1) is 17.0 Å². The number of anilines is 3. The van der Waals surface area contributed by atoms with Crippen molar-refractivity contribution in [1.82, 2.24) is 5.32 Å². The molecule has 1 saturated heterocycles. The predicted molar refractivity (Wildman–Crippen MR) is 139 cm³/mol. The van der Waals surface area contributed by atoms with E-state index in [9.17, 15) is 30.8 Å². The molecule has 2 heterocycles. The van der Waals surface area contributed by atoms with Crippen molar-refractivity contribution in [3.63, 3.8) is 0 Å². The number of furan rings is 1. The average Bonchev–Trinajstić information content (AvgIpc) is 3.54. The highest BCUT2D eigenvalue weighted by Gasteiger charge is 2.35. The van der Waals surface area contributed by atoms with Crippen LogP contribution in [0, 0.1) is 5.82 Å². The van der Waals surface area contributed by atoms with Crippen LogP contribution in [0.5, 0.6) is 0 Å². The highest BCUT2D eigenvalue weighted by Crippen LogP contribution is 2.31. The number of carbonyl (C=O) groups is 1. The molecule has 0 aliphatic carbocycles. The molecule has 0 bridgehead atoms. The van der Waals surface area contributed by atoms with Gasteiger partial charge in [0.2, 0.25) is 16.2 Å². The Balaban J connectivity index is 1.45. The maximum Gasteiger partial charge on any atom is 0.416 e. The highest BCUT2D eigenvalue weighted by molar-refractivity contribution is 7.73. The molecular weight excluding hydrogens is 538 g/mol. The minimum absolute atomic E-state index is 0.0272. The summed E-state index contributed by atoms with van der Waals surface area (Å²) in [6.45, 7) is 0.284. The SMILES string of the molecule is O=C([C@@H]1NCCC1=S(=O)=O)N(Cc1cccc(Nc2ccc(C(F)(F)F)cc2)c1)c1cc2cc(F)ccc2o1. The molecule has 1 fully saturated rings. The summed E-state index contributed by atoms with van der Waals surface area (Å²) in [4.78, 5) is 14.9. The van der Waals surface area contributed by atoms with Crippen molar-refractivity contribution in [3.05, 3.63) is 89.7 Å². The van der Waals surface area contributed by atoms with Gasteiger partial charge in [0, 0.05) is 29.4 Å². The van der Waals surface area contributed by atoms with E-state index in [1.165, 1.54) is 41.3 Å². The van der Waals surface area contributed by atoms with Gasteiger partial charge in [-0.1, -0.05) is 12.1 Å². The second kappa shape index (κ2) is 10.5. The molecule has 1 atom stereocenters. The molecule has 0 spiro atoms. The number of amides is 1. The van der Waals surface area contributed by atoms with Crippen LogP contribution in [0.1, 0.15) is 17.5 Å². The molecule has 0 radical (unpaired) electrons. The maximum atomic E-state index is 13.8. The van der Waals surface area contributed by atoms with Crippen LogP contribution in [-0.4, -0.2) is 31.8 Å². The number of nitrogens with one attached hydrogen (secondary N) is 2. The lowest BCUT2D eigenvalue weighted by Crippen LogP contribution is -2.46. The van der Waals surface area contributed by atoms with E-state index >= 15 is 0 Å². The fraction of sp³-hybridized carbons (Fsp3) is 0.185. The minimum Gasteiger partial charge on any atom is -0.440 e. The van der Waals surface area contributed by atoms with Gasteiger partial charge in [-0.15, -0.1) is 0 Å². The van der Waals surface area contributed by atoms with E-state index in [1.807, 2.05) is 0 Å². The molecule has 1 aliphatic rings. The summed E-state index contributed by atoms with van der Waals surface area (Å²) in [6.07, 6.45) is -4.25. The Labute approximate surface area is 221 Å². The lowest BCUT2D eigenvalue weighted by molar-refractivity contribution is -0.137. The molecule has 0 saturated carbocycles. The third-order valence-corrected chi connectivity index (χ3v) is 7.14. The zero-order chi connectivity index (χ0) is 27.7. The minimum atomic E-state index is -4.44. The van der Waals surface area contributed by atoms with Crippen molar-refractivity contribution in [1.29, 1.82) is 0 Å². The summed E-state index contributed by atoms with van der Waals surface area (Å²) < 4.78 is 81.7. The monoisotopic (exact) mass is 559 g/mol. The van der Waals surface area contributed by atoms with Crippen LogP contribution in [0.15, 0.2) is 77.2 Å². The normalized spacial score (nSPS) is 15.5. The van der Waals surface area contributed by atoms with Gasteiger partial charge in [-0.3, -0.25) is 9.69 Å². The molecule has 4 aromatic rings. The molecule has 202 valence electrons. The number of fused-ring (bicyclic) bond motifs is 1. The van der Waals surface area contributed by atoms with E-state index in [1.54, 1.807) is 24.3 Å². The largest absolute Gasteiger partial charge is 0.440 e. The summed E-state index contributed by atoms with van der Waals surface area (Å²) in [5, 5.41) is 6.37. The van der Waals surface area contributed by atoms with Crippen LogP contribution in [0.4, 0.5) is 34.8 Å². The molecule has 0 unspecified atom stereocenters. The number of benzene rings is 3. The van der Waals surface area contributed by atoms with Crippen molar-refractivity contribution < 1.29 is 35.2 Å². The highest BCUT2D eigenvalue weighted by atomic mass is 32.2. The van der Waals surface area contributed by atoms with E-state index in [0.29, 0.717) is 34.5 Å². The number of alkyl halides is 3. The van der Waals surface area contributed by atoms with Crippen LogP contribution in [0.25, 0.3) is 11.0 Å². The van der Waals surface area contributed by atoms with Gasteiger partial charge in [0.1, 0.15) is 17.4 Å². The number of hydrogen-bond donors (Lipinski definition) is 2. The lowest BCUT2D eigenvalue weighted by Gasteiger charge is -2.24. The summed E-state index contributed by atoms with van der Waals surface area (Å²) >= 11 is 0. The number of nitrogens with zero attached hydrogens (tertiary/aromatic N) is 1. The molecule has 12 heteroatoms. The Kier molecular flexibility index (Phi) is 7.15. The molecule has 1 aliphatic heterocycles. The Bertz CT molecular complexity index is 1670. The number of rotatable bonds is 6. The second-order valence-electron chi connectivity index (χ2n) is 8.93. The predicted octanol–water partition coefficient (Wildman–Crippen LogP) is 5.28. The molecular formula is C27H21F4N3O4S. The maximum absolute atomic E-state index is 13.8. The van der Waals surface area contributed by atoms with Crippen LogP contribution in [-0.2, 0) is 27.8 Å². The van der Waals surface area contributed by atoms with E-state index in [0.717, 1.165) is 12.1 Å². The summed E-state index contributed by atoms with van der Waals surface area (Å²) in [7, 11) is -2.57. The van der Waals surface area contributed by atoms with Crippen molar-refractivity contribution in [2.75, 3.05) is 16.8 Å². The van der Waals surface area contributed by atoms with Gasteiger partial charge in [-0.05, 0) is 66.6 Å². The van der Waals surface area contributed by atoms with Crippen molar-refractivity contribution in [2.45, 2.75) is 25.2 Å². The second-order valence-corrected chi connectivity index (χ2v) is 9.92. The van der Waals surface area contributed by atoms with Gasteiger partial charge in [0.15, 0.2) is 0 Å². The summed E-state index contributed by atoms with van der Waals surface area (Å²) in [5.41, 5.74) is 1.18. The molecule has 5 rings (SSSR count). The molecule has 7 nitrogen and oxygen atoms in total. The summed E-state index contributed by atoms with van der Waals surface area (Å²) in [6, 6.07) is 15.8. The van der Waals surface area contributed by atoms with Crippen LogP contribution in [0.3, 0.4) is 0 Å². The zero-order valence-corrected chi connectivity index (χ0v) is 20.9. The first-order valence-electron chi connectivity index (χ1n) is 11.8. The standard InChI is InChI=1S/C27H21F4N3O4S/c28-19-6-9-22-17(13-19)14-24(38-22)34(26(35)25-23(39(36)37)10-11-32-25)15-16-2-1-3-21(12-16)33-20-7-4-18(5-8-20)27(29,30)31/h1-9,12-14,25,32-33H,10-11,15H2/t25-/m1/s1. The first-order chi connectivity index (χ1) is 18.6. The fourth-order valence-electron chi connectivity index (χ4n) is 4.40. The number of hydrogen-bond acceptors (Lipinski definition) is 6. The summed E-state index contributed by atoms with van der Waals surface area (Å²) in [5.74, 6) is -0.941. The van der Waals surface area contributed by atoms with Crippen LogP contribution < -0.4 is 15.5 Å². The van der Waals surface area contributed by atoms with Crippen molar-refractivity contribution >= 4 is 49.3 Å². The molecule has 2 N–H and O–H groups in total. The van der Waals surface area contributed by atoms with Gasteiger partial charge in [0.25, 0.3) is 5.91 Å². The molecule has 1 amide bonds. The first kappa shape index (κ1) is 26.4.